The number of benzene rings is 1. The van der Waals surface area contributed by atoms with Gasteiger partial charge in [-0.1, -0.05) is 67.6 Å². The Labute approximate surface area is 172 Å². The fraction of sp³-hybridized carbons (Fsp3) is 0.556. The van der Waals surface area contributed by atoms with Crippen molar-refractivity contribution in [3.05, 3.63) is 71.8 Å². The van der Waals surface area contributed by atoms with E-state index in [9.17, 15) is 0 Å². The van der Waals surface area contributed by atoms with E-state index in [0.717, 1.165) is 50.7 Å². The molecule has 2 aliphatic carbocycles. The van der Waals surface area contributed by atoms with Crippen molar-refractivity contribution in [2.75, 3.05) is 13.2 Å². The van der Waals surface area contributed by atoms with Crippen LogP contribution in [0.3, 0.4) is 0 Å². The van der Waals surface area contributed by atoms with Crippen LogP contribution < -0.4 is 0 Å². The highest BCUT2D eigenvalue weighted by atomic mass is 16.5. The molecule has 0 heterocycles. The Balaban J connectivity index is 1.54. The van der Waals surface area contributed by atoms with E-state index >= 15 is 0 Å². The maximum atomic E-state index is 5.93. The number of rotatable bonds is 9. The molecule has 0 N–H and O–H groups in total. The van der Waals surface area contributed by atoms with Gasteiger partial charge < -0.3 is 4.74 Å². The summed E-state index contributed by atoms with van der Waals surface area (Å²) in [5.41, 5.74) is 3.08. The molecule has 0 unspecified atom stereocenters. The lowest BCUT2D eigenvalue weighted by Crippen LogP contribution is -2.25. The minimum absolute atomic E-state index is 0.0806. The van der Waals surface area contributed by atoms with Crippen molar-refractivity contribution < 1.29 is 4.74 Å². The topological polar surface area (TPSA) is 9.23 Å². The first kappa shape index (κ1) is 21.1. The first-order valence-corrected chi connectivity index (χ1v) is 11.4. The van der Waals surface area contributed by atoms with Gasteiger partial charge in [0.2, 0.25) is 0 Å². The average molecular weight is 379 g/mol. The number of allylic oxidation sites excluding steroid dienone is 4. The quantitative estimate of drug-likeness (QED) is 0.321. The molecule has 0 bridgehead atoms. The highest BCUT2D eigenvalue weighted by molar-refractivity contribution is 5.27. The van der Waals surface area contributed by atoms with Gasteiger partial charge in [-0.3, -0.25) is 0 Å². The standard InChI is InChI=1S/C27H38O/c1-3-8-23-9-13-25(14-10-23)26-15-11-24(12-16-26)17-20-27(22-28-21-4-2)18-6-5-7-19-27/h3,6-8,11-12,15-16,18-19,23,25H,4-5,9-10,13-14,17,20-22H2,1-2H3/b8-3-. The third-order valence-corrected chi connectivity index (χ3v) is 6.46. The van der Waals surface area contributed by atoms with Gasteiger partial charge in [-0.05, 0) is 81.3 Å². The van der Waals surface area contributed by atoms with Gasteiger partial charge in [0.05, 0.1) is 6.61 Å². The molecule has 0 aliphatic heterocycles. The minimum atomic E-state index is 0.0806. The van der Waals surface area contributed by atoms with E-state index in [1.54, 1.807) is 5.56 Å². The molecular weight excluding hydrogens is 340 g/mol. The summed E-state index contributed by atoms with van der Waals surface area (Å²) in [5, 5.41) is 0. The lowest BCUT2D eigenvalue weighted by atomic mass is 9.78. The molecule has 1 heteroatoms. The van der Waals surface area contributed by atoms with E-state index in [4.69, 9.17) is 4.74 Å². The Morgan fingerprint density at radius 3 is 2.39 bits per heavy atom. The molecule has 1 nitrogen and oxygen atoms in total. The summed E-state index contributed by atoms with van der Waals surface area (Å²) in [5.74, 6) is 1.57. The summed E-state index contributed by atoms with van der Waals surface area (Å²) >= 11 is 0. The summed E-state index contributed by atoms with van der Waals surface area (Å²) in [7, 11) is 0. The van der Waals surface area contributed by atoms with Crippen LogP contribution >= 0.6 is 0 Å². The Kier molecular flexibility index (Phi) is 8.15. The number of hydrogen-bond acceptors (Lipinski definition) is 1. The van der Waals surface area contributed by atoms with Gasteiger partial charge >= 0.3 is 0 Å². The molecule has 28 heavy (non-hydrogen) atoms. The fourth-order valence-electron chi connectivity index (χ4n) is 4.73. The molecule has 0 atom stereocenters. The van der Waals surface area contributed by atoms with Gasteiger partial charge in [-0.15, -0.1) is 0 Å². The molecule has 0 amide bonds. The molecular formula is C27H38O. The fourth-order valence-corrected chi connectivity index (χ4v) is 4.73. The van der Waals surface area contributed by atoms with Crippen LogP contribution in [-0.2, 0) is 11.2 Å². The Hall–Kier alpha value is -1.60. The normalized spacial score (nSPS) is 24.1. The number of ether oxygens (including phenoxy) is 1. The highest BCUT2D eigenvalue weighted by Crippen LogP contribution is 2.37. The second kappa shape index (κ2) is 10.8. The molecule has 152 valence electrons. The smallest absolute Gasteiger partial charge is 0.0591 e. The predicted molar refractivity (Wildman–Crippen MR) is 121 cm³/mol. The van der Waals surface area contributed by atoms with E-state index in [1.807, 2.05) is 0 Å². The summed E-state index contributed by atoms with van der Waals surface area (Å²) in [6, 6.07) is 9.51. The van der Waals surface area contributed by atoms with Crippen molar-refractivity contribution in [2.45, 2.75) is 71.1 Å². The maximum Gasteiger partial charge on any atom is 0.0591 e. The summed E-state index contributed by atoms with van der Waals surface area (Å²) in [4.78, 5) is 0. The first-order valence-electron chi connectivity index (χ1n) is 11.4. The lowest BCUT2D eigenvalue weighted by Gasteiger charge is -2.29. The van der Waals surface area contributed by atoms with Crippen LogP contribution in [0.25, 0.3) is 0 Å². The van der Waals surface area contributed by atoms with Crippen LogP contribution in [0.2, 0.25) is 0 Å². The van der Waals surface area contributed by atoms with Crippen LogP contribution in [0.5, 0.6) is 0 Å². The highest BCUT2D eigenvalue weighted by Gasteiger charge is 2.25. The van der Waals surface area contributed by atoms with E-state index in [-0.39, 0.29) is 5.41 Å². The molecule has 1 aromatic rings. The molecule has 1 aromatic carbocycles. The second-order valence-electron chi connectivity index (χ2n) is 8.71. The monoisotopic (exact) mass is 378 g/mol. The predicted octanol–water partition coefficient (Wildman–Crippen LogP) is 7.40. The zero-order chi connectivity index (χ0) is 19.7. The summed E-state index contributed by atoms with van der Waals surface area (Å²) in [6.45, 7) is 5.98. The van der Waals surface area contributed by atoms with Crippen molar-refractivity contribution in [1.29, 1.82) is 0 Å². The van der Waals surface area contributed by atoms with E-state index < -0.39 is 0 Å². The van der Waals surface area contributed by atoms with Crippen molar-refractivity contribution in [3.8, 4) is 0 Å². The third-order valence-electron chi connectivity index (χ3n) is 6.46. The van der Waals surface area contributed by atoms with Crippen LogP contribution in [-0.4, -0.2) is 13.2 Å². The zero-order valence-electron chi connectivity index (χ0n) is 17.9. The van der Waals surface area contributed by atoms with Gasteiger partial charge in [0.25, 0.3) is 0 Å². The van der Waals surface area contributed by atoms with Crippen molar-refractivity contribution in [1.82, 2.24) is 0 Å². The molecule has 0 radical (unpaired) electrons. The van der Waals surface area contributed by atoms with Gasteiger partial charge in [-0.25, -0.2) is 0 Å². The van der Waals surface area contributed by atoms with E-state index in [1.165, 1.54) is 31.2 Å². The molecule has 1 saturated carbocycles. The van der Waals surface area contributed by atoms with Crippen LogP contribution in [0.4, 0.5) is 0 Å². The van der Waals surface area contributed by atoms with Crippen molar-refractivity contribution in [2.24, 2.45) is 11.3 Å². The van der Waals surface area contributed by atoms with Gasteiger partial charge in [-0.2, -0.15) is 0 Å². The van der Waals surface area contributed by atoms with Gasteiger partial charge in [0, 0.05) is 12.0 Å². The van der Waals surface area contributed by atoms with Crippen LogP contribution in [0, 0.1) is 11.3 Å². The molecule has 2 aliphatic rings. The van der Waals surface area contributed by atoms with Crippen molar-refractivity contribution in [3.63, 3.8) is 0 Å². The Morgan fingerprint density at radius 1 is 1.04 bits per heavy atom. The first-order chi connectivity index (χ1) is 13.7. The number of aryl methyl sites for hydroxylation is 1. The van der Waals surface area contributed by atoms with E-state index in [0.29, 0.717) is 0 Å². The molecule has 0 spiro atoms. The van der Waals surface area contributed by atoms with Crippen LogP contribution in [0.1, 0.15) is 75.8 Å². The second-order valence-corrected chi connectivity index (χ2v) is 8.71. The van der Waals surface area contributed by atoms with E-state index in [2.05, 4.69) is 74.6 Å². The molecule has 3 rings (SSSR count). The molecule has 1 fully saturated rings. The molecule has 0 aromatic heterocycles. The van der Waals surface area contributed by atoms with Gasteiger partial charge in [0.15, 0.2) is 0 Å². The SMILES string of the molecule is C/C=C\C1CCC(c2ccc(CCC3(COCCC)C=CCC=C3)cc2)CC1. The lowest BCUT2D eigenvalue weighted by molar-refractivity contribution is 0.0839. The Bertz CT molecular complexity index is 644. The minimum Gasteiger partial charge on any atom is -0.380 e. The third kappa shape index (κ3) is 5.95. The van der Waals surface area contributed by atoms with Crippen LogP contribution in [0.15, 0.2) is 60.7 Å². The largest absolute Gasteiger partial charge is 0.380 e. The summed E-state index contributed by atoms with van der Waals surface area (Å²) < 4.78 is 5.93. The average Bonchev–Trinajstić information content (AvgIpc) is 2.75. The maximum absolute atomic E-state index is 5.93. The van der Waals surface area contributed by atoms with Crippen molar-refractivity contribution >= 4 is 0 Å². The summed E-state index contributed by atoms with van der Waals surface area (Å²) in [6.07, 6.45) is 23.7. The van der Waals surface area contributed by atoms with Gasteiger partial charge in [0.1, 0.15) is 0 Å². The molecule has 0 saturated heterocycles. The zero-order valence-corrected chi connectivity index (χ0v) is 17.9. The number of hydrogen-bond donors (Lipinski definition) is 0. The Morgan fingerprint density at radius 2 is 1.75 bits per heavy atom.